The van der Waals surface area contributed by atoms with E-state index in [1.165, 1.54) is 0 Å². The predicted molar refractivity (Wildman–Crippen MR) is 60.1 cm³/mol. The molecule has 0 radical (unpaired) electrons. The number of halogens is 2. The zero-order valence-electron chi connectivity index (χ0n) is 7.69. The number of hydrogen-bond acceptors (Lipinski definition) is 2. The molecule has 1 aliphatic heterocycles. The van der Waals surface area contributed by atoms with Crippen LogP contribution in [0.25, 0.3) is 0 Å². The van der Waals surface area contributed by atoms with E-state index in [0.29, 0.717) is 0 Å². The first kappa shape index (κ1) is 10.2. The zero-order valence-corrected chi connectivity index (χ0v) is 9.20. The molecule has 0 aromatic heterocycles. The predicted octanol–water partition coefficient (Wildman–Crippen LogP) is 2.23. The molecule has 1 heterocycles. The maximum Gasteiger partial charge on any atom is 0.0462 e. The summed E-state index contributed by atoms with van der Waals surface area (Å²) in [5.41, 5.74) is 1.08. The summed E-state index contributed by atoms with van der Waals surface area (Å²) in [5.74, 6) is 0. The molecule has 4 heteroatoms. The van der Waals surface area contributed by atoms with Gasteiger partial charge in [0.25, 0.3) is 0 Å². The molecule has 1 aromatic carbocycles. The fourth-order valence-electron chi connectivity index (χ4n) is 1.65. The number of rotatable bonds is 1. The van der Waals surface area contributed by atoms with Crippen molar-refractivity contribution in [2.45, 2.75) is 6.04 Å². The minimum Gasteiger partial charge on any atom is -0.314 e. The van der Waals surface area contributed by atoms with Gasteiger partial charge in [-0.3, -0.25) is 0 Å². The summed E-state index contributed by atoms with van der Waals surface area (Å²) in [6, 6.07) is 5.85. The van der Waals surface area contributed by atoms with Crippen molar-refractivity contribution >= 4 is 23.2 Å². The van der Waals surface area contributed by atoms with Crippen molar-refractivity contribution < 1.29 is 0 Å². The summed E-state index contributed by atoms with van der Waals surface area (Å²) < 4.78 is 0. The van der Waals surface area contributed by atoms with Crippen LogP contribution in [0.2, 0.25) is 10.0 Å². The van der Waals surface area contributed by atoms with E-state index in [-0.39, 0.29) is 6.04 Å². The summed E-state index contributed by atoms with van der Waals surface area (Å²) in [5, 5.41) is 8.22. The molecule has 1 aromatic rings. The van der Waals surface area contributed by atoms with Gasteiger partial charge in [0.1, 0.15) is 0 Å². The third-order valence-corrected chi connectivity index (χ3v) is 2.95. The van der Waals surface area contributed by atoms with Crippen molar-refractivity contribution in [3.8, 4) is 0 Å². The second-order valence-corrected chi connectivity index (χ2v) is 4.22. The highest BCUT2D eigenvalue weighted by Crippen LogP contribution is 2.26. The summed E-state index contributed by atoms with van der Waals surface area (Å²) in [4.78, 5) is 0. The van der Waals surface area contributed by atoms with Gasteiger partial charge in [-0.2, -0.15) is 0 Å². The van der Waals surface area contributed by atoms with E-state index in [9.17, 15) is 0 Å². The number of nitrogens with one attached hydrogen (secondary N) is 2. The van der Waals surface area contributed by atoms with E-state index in [2.05, 4.69) is 10.6 Å². The summed E-state index contributed by atoms with van der Waals surface area (Å²) >= 11 is 12.0. The molecule has 0 bridgehead atoms. The molecule has 1 atom stereocenters. The third kappa shape index (κ3) is 2.20. The van der Waals surface area contributed by atoms with Gasteiger partial charge in [0.15, 0.2) is 0 Å². The van der Waals surface area contributed by atoms with Crippen LogP contribution in [-0.2, 0) is 0 Å². The monoisotopic (exact) mass is 230 g/mol. The highest BCUT2D eigenvalue weighted by molar-refractivity contribution is 6.33. The Hall–Kier alpha value is -0.280. The van der Waals surface area contributed by atoms with Crippen LogP contribution in [0.5, 0.6) is 0 Å². The second kappa shape index (κ2) is 4.49. The molecule has 14 heavy (non-hydrogen) atoms. The van der Waals surface area contributed by atoms with Crippen molar-refractivity contribution in [3.05, 3.63) is 33.8 Å². The topological polar surface area (TPSA) is 24.1 Å². The van der Waals surface area contributed by atoms with Crippen LogP contribution in [0.15, 0.2) is 18.2 Å². The lowest BCUT2D eigenvalue weighted by molar-refractivity contribution is 0.430. The van der Waals surface area contributed by atoms with Gasteiger partial charge in [0, 0.05) is 35.7 Å². The summed E-state index contributed by atoms with van der Waals surface area (Å²) in [6.45, 7) is 2.88. The van der Waals surface area contributed by atoms with Crippen LogP contribution in [0.1, 0.15) is 11.6 Å². The van der Waals surface area contributed by atoms with Crippen LogP contribution in [-0.4, -0.2) is 19.6 Å². The number of hydrogen-bond donors (Lipinski definition) is 2. The Bertz CT molecular complexity index is 322. The first-order valence-electron chi connectivity index (χ1n) is 4.66. The first-order valence-corrected chi connectivity index (χ1v) is 5.42. The maximum atomic E-state index is 6.10. The Morgan fingerprint density at radius 1 is 1.21 bits per heavy atom. The number of piperazine rings is 1. The van der Waals surface area contributed by atoms with E-state index in [0.717, 1.165) is 35.2 Å². The van der Waals surface area contributed by atoms with Crippen LogP contribution in [0.3, 0.4) is 0 Å². The lowest BCUT2D eigenvalue weighted by Gasteiger charge is -2.25. The molecule has 0 saturated carbocycles. The third-order valence-electron chi connectivity index (χ3n) is 2.37. The minimum absolute atomic E-state index is 0.273. The standard InChI is InChI=1S/C10H12Cl2N2/c11-7-1-2-9(12)8(5-7)10-6-13-3-4-14-10/h1-2,5,10,13-14H,3-4,6H2. The molecule has 2 N–H and O–H groups in total. The highest BCUT2D eigenvalue weighted by Gasteiger charge is 2.16. The first-order chi connectivity index (χ1) is 6.77. The maximum absolute atomic E-state index is 6.10. The van der Waals surface area contributed by atoms with Gasteiger partial charge in [0.05, 0.1) is 0 Å². The largest absolute Gasteiger partial charge is 0.314 e. The van der Waals surface area contributed by atoms with Crippen molar-refractivity contribution in [1.82, 2.24) is 10.6 Å². The van der Waals surface area contributed by atoms with Gasteiger partial charge in [-0.15, -0.1) is 0 Å². The van der Waals surface area contributed by atoms with E-state index >= 15 is 0 Å². The van der Waals surface area contributed by atoms with E-state index < -0.39 is 0 Å². The van der Waals surface area contributed by atoms with Gasteiger partial charge in [0.2, 0.25) is 0 Å². The molecule has 0 aliphatic carbocycles. The Balaban J connectivity index is 2.24. The lowest BCUT2D eigenvalue weighted by Crippen LogP contribution is -2.42. The van der Waals surface area contributed by atoms with Crippen molar-refractivity contribution in [3.63, 3.8) is 0 Å². The zero-order chi connectivity index (χ0) is 9.97. The highest BCUT2D eigenvalue weighted by atomic mass is 35.5. The van der Waals surface area contributed by atoms with Gasteiger partial charge in [-0.25, -0.2) is 0 Å². The Labute approximate surface area is 93.6 Å². The molecule has 1 aliphatic rings. The fraction of sp³-hybridized carbons (Fsp3) is 0.400. The smallest absolute Gasteiger partial charge is 0.0462 e. The molecular weight excluding hydrogens is 219 g/mol. The van der Waals surface area contributed by atoms with Gasteiger partial charge in [-0.1, -0.05) is 23.2 Å². The SMILES string of the molecule is Clc1ccc(Cl)c(C2CNCCN2)c1. The van der Waals surface area contributed by atoms with E-state index in [1.54, 1.807) is 0 Å². The number of benzene rings is 1. The van der Waals surface area contributed by atoms with Crippen LogP contribution >= 0.6 is 23.2 Å². The Morgan fingerprint density at radius 3 is 2.79 bits per heavy atom. The molecule has 2 nitrogen and oxygen atoms in total. The quantitative estimate of drug-likeness (QED) is 0.774. The average Bonchev–Trinajstić information content (AvgIpc) is 2.23. The molecule has 76 valence electrons. The molecular formula is C10H12Cl2N2. The summed E-state index contributed by atoms with van der Waals surface area (Å²) in [7, 11) is 0. The molecule has 1 saturated heterocycles. The van der Waals surface area contributed by atoms with E-state index in [4.69, 9.17) is 23.2 Å². The van der Waals surface area contributed by atoms with Crippen LogP contribution in [0.4, 0.5) is 0 Å². The van der Waals surface area contributed by atoms with Gasteiger partial charge in [-0.05, 0) is 23.8 Å². The minimum atomic E-state index is 0.273. The Morgan fingerprint density at radius 2 is 2.07 bits per heavy atom. The average molecular weight is 231 g/mol. The molecule has 0 spiro atoms. The fourth-order valence-corrected chi connectivity index (χ4v) is 2.08. The lowest BCUT2D eigenvalue weighted by atomic mass is 10.1. The van der Waals surface area contributed by atoms with Gasteiger partial charge < -0.3 is 10.6 Å². The molecule has 2 rings (SSSR count). The van der Waals surface area contributed by atoms with Crippen LogP contribution < -0.4 is 10.6 Å². The molecule has 1 unspecified atom stereocenters. The molecule has 1 fully saturated rings. The Kier molecular flexibility index (Phi) is 3.29. The molecule has 0 amide bonds. The van der Waals surface area contributed by atoms with Crippen molar-refractivity contribution in [1.29, 1.82) is 0 Å². The second-order valence-electron chi connectivity index (χ2n) is 3.38. The summed E-state index contributed by atoms with van der Waals surface area (Å²) in [6.07, 6.45) is 0. The van der Waals surface area contributed by atoms with Crippen molar-refractivity contribution in [2.75, 3.05) is 19.6 Å². The van der Waals surface area contributed by atoms with Crippen LogP contribution in [0, 0.1) is 0 Å². The van der Waals surface area contributed by atoms with E-state index in [1.807, 2.05) is 18.2 Å². The normalized spacial score (nSPS) is 22.3. The van der Waals surface area contributed by atoms with Crippen molar-refractivity contribution in [2.24, 2.45) is 0 Å². The van der Waals surface area contributed by atoms with Gasteiger partial charge >= 0.3 is 0 Å².